The molecule has 0 spiro atoms. The van der Waals surface area contributed by atoms with Gasteiger partial charge in [0, 0.05) is 16.4 Å². The number of benzene rings is 3. The van der Waals surface area contributed by atoms with E-state index in [1.807, 2.05) is 6.07 Å². The fraction of sp³-hybridized carbons (Fsp3) is 0.0909. The summed E-state index contributed by atoms with van der Waals surface area (Å²) in [5.41, 5.74) is -0.211. The zero-order valence-electron chi connectivity index (χ0n) is 16.0. The summed E-state index contributed by atoms with van der Waals surface area (Å²) in [6, 6.07) is 18.4. The Hall–Kier alpha value is -3.52. The average molecular weight is 448 g/mol. The highest BCUT2D eigenvalue weighted by Crippen LogP contribution is 2.36. The van der Waals surface area contributed by atoms with Crippen LogP contribution in [0.1, 0.15) is 15.9 Å². The first-order valence-corrected chi connectivity index (χ1v) is 9.48. The van der Waals surface area contributed by atoms with Gasteiger partial charge in [0.25, 0.3) is 5.91 Å². The quantitative estimate of drug-likeness (QED) is 0.456. The van der Waals surface area contributed by atoms with Crippen molar-refractivity contribution in [3.63, 3.8) is 0 Å². The van der Waals surface area contributed by atoms with Crippen molar-refractivity contribution in [2.24, 2.45) is 0 Å². The van der Waals surface area contributed by atoms with Gasteiger partial charge in [0.05, 0.1) is 23.4 Å². The van der Waals surface area contributed by atoms with Crippen LogP contribution < -0.4 is 16.0 Å². The Bertz CT molecular complexity index is 1090. The lowest BCUT2D eigenvalue weighted by Gasteiger charge is -2.15. The monoisotopic (exact) mass is 447 g/mol. The fourth-order valence-electron chi connectivity index (χ4n) is 2.79. The maximum Gasteiger partial charge on any atom is 0.418 e. The molecule has 5 nitrogen and oxygen atoms in total. The topological polar surface area (TPSA) is 70.2 Å². The Labute approximate surface area is 181 Å². The van der Waals surface area contributed by atoms with Gasteiger partial charge in [-0.25, -0.2) is 0 Å². The predicted molar refractivity (Wildman–Crippen MR) is 114 cm³/mol. The van der Waals surface area contributed by atoms with E-state index >= 15 is 0 Å². The van der Waals surface area contributed by atoms with Crippen LogP contribution in [-0.2, 0) is 11.0 Å². The van der Waals surface area contributed by atoms with Crippen LogP contribution in [0.25, 0.3) is 0 Å². The maximum atomic E-state index is 13.2. The Morgan fingerprint density at radius 2 is 1.52 bits per heavy atom. The second-order valence-corrected chi connectivity index (χ2v) is 6.89. The van der Waals surface area contributed by atoms with E-state index in [4.69, 9.17) is 11.6 Å². The average Bonchev–Trinajstić information content (AvgIpc) is 2.73. The van der Waals surface area contributed by atoms with Gasteiger partial charge in [0.2, 0.25) is 5.91 Å². The Morgan fingerprint density at radius 1 is 0.839 bits per heavy atom. The van der Waals surface area contributed by atoms with Crippen LogP contribution in [-0.4, -0.2) is 18.4 Å². The molecule has 9 heteroatoms. The third-order valence-electron chi connectivity index (χ3n) is 4.20. The molecule has 2 amide bonds. The van der Waals surface area contributed by atoms with Gasteiger partial charge < -0.3 is 16.0 Å². The maximum absolute atomic E-state index is 13.2. The lowest BCUT2D eigenvalue weighted by atomic mass is 10.1. The van der Waals surface area contributed by atoms with Gasteiger partial charge in [-0.05, 0) is 42.5 Å². The minimum Gasteiger partial charge on any atom is -0.376 e. The molecule has 0 atom stereocenters. The van der Waals surface area contributed by atoms with Crippen LogP contribution in [0, 0.1) is 0 Å². The zero-order chi connectivity index (χ0) is 22.4. The molecule has 160 valence electrons. The van der Waals surface area contributed by atoms with E-state index in [0.717, 1.165) is 12.1 Å². The molecule has 3 aromatic carbocycles. The first-order valence-electron chi connectivity index (χ1n) is 9.10. The van der Waals surface area contributed by atoms with Crippen LogP contribution in [0.5, 0.6) is 0 Å². The highest BCUT2D eigenvalue weighted by atomic mass is 35.5. The van der Waals surface area contributed by atoms with Crippen LogP contribution in [0.15, 0.2) is 72.8 Å². The summed E-state index contributed by atoms with van der Waals surface area (Å²) >= 11 is 5.64. The molecule has 31 heavy (non-hydrogen) atoms. The molecule has 0 bridgehead atoms. The number of alkyl halides is 3. The fourth-order valence-corrected chi connectivity index (χ4v) is 2.96. The van der Waals surface area contributed by atoms with Gasteiger partial charge in [-0.3, -0.25) is 9.59 Å². The molecule has 3 aromatic rings. The number of carbonyl (C=O) groups is 2. The van der Waals surface area contributed by atoms with E-state index in [1.165, 1.54) is 6.07 Å². The first-order chi connectivity index (χ1) is 14.7. The highest BCUT2D eigenvalue weighted by molar-refractivity contribution is 6.30. The molecular weight excluding hydrogens is 431 g/mol. The molecule has 0 unspecified atom stereocenters. The predicted octanol–water partition coefficient (Wildman–Crippen LogP) is 5.66. The molecule has 3 N–H and O–H groups in total. The number of rotatable bonds is 6. The molecule has 0 aliphatic carbocycles. The van der Waals surface area contributed by atoms with Gasteiger partial charge in [-0.2, -0.15) is 13.2 Å². The van der Waals surface area contributed by atoms with Crippen molar-refractivity contribution in [1.82, 2.24) is 0 Å². The highest BCUT2D eigenvalue weighted by Gasteiger charge is 2.34. The largest absolute Gasteiger partial charge is 0.418 e. The van der Waals surface area contributed by atoms with Crippen LogP contribution in [0.2, 0.25) is 5.02 Å². The molecule has 0 saturated heterocycles. The van der Waals surface area contributed by atoms with Crippen molar-refractivity contribution < 1.29 is 22.8 Å². The van der Waals surface area contributed by atoms with Crippen molar-refractivity contribution in [3.8, 4) is 0 Å². The lowest BCUT2D eigenvalue weighted by Crippen LogP contribution is -2.24. The van der Waals surface area contributed by atoms with Crippen molar-refractivity contribution in [2.75, 3.05) is 22.5 Å². The van der Waals surface area contributed by atoms with Crippen molar-refractivity contribution >= 4 is 40.5 Å². The van der Waals surface area contributed by atoms with Crippen molar-refractivity contribution in [1.29, 1.82) is 0 Å². The first kappa shape index (κ1) is 22.2. The molecule has 3 rings (SSSR count). The lowest BCUT2D eigenvalue weighted by molar-refractivity contribution is -0.137. The Morgan fingerprint density at radius 3 is 2.23 bits per heavy atom. The molecule has 0 saturated carbocycles. The second-order valence-electron chi connectivity index (χ2n) is 6.46. The number of anilines is 3. The standard InChI is InChI=1S/C22H17ClF3N3O2/c23-14-10-11-19(17(12-14)22(24,25)26)29-20(30)13-27-18-9-5-4-8-16(18)21(31)28-15-6-2-1-3-7-15/h1-12,27H,13H2,(H,28,31)(H,29,30). The summed E-state index contributed by atoms with van der Waals surface area (Å²) in [5.74, 6) is -1.11. The second kappa shape index (κ2) is 9.53. The number of amides is 2. The number of para-hydroxylation sites is 2. The van der Waals surface area contributed by atoms with Crippen LogP contribution in [0.4, 0.5) is 30.2 Å². The molecular formula is C22H17ClF3N3O2. The molecule has 0 aliphatic rings. The summed E-state index contributed by atoms with van der Waals surface area (Å²) in [4.78, 5) is 24.8. The molecule has 0 aromatic heterocycles. The van der Waals surface area contributed by atoms with E-state index < -0.39 is 29.2 Å². The normalized spacial score (nSPS) is 11.0. The van der Waals surface area contributed by atoms with E-state index in [0.29, 0.717) is 11.4 Å². The molecule has 0 radical (unpaired) electrons. The summed E-state index contributed by atoms with van der Waals surface area (Å²) < 4.78 is 39.5. The molecule has 0 heterocycles. The minimum atomic E-state index is -4.68. The summed E-state index contributed by atoms with van der Waals surface area (Å²) in [7, 11) is 0. The van der Waals surface area contributed by atoms with Gasteiger partial charge in [0.1, 0.15) is 0 Å². The van der Waals surface area contributed by atoms with Crippen molar-refractivity contribution in [2.45, 2.75) is 6.18 Å². The number of halogens is 4. The zero-order valence-corrected chi connectivity index (χ0v) is 16.7. The molecule has 0 fully saturated rings. The van der Waals surface area contributed by atoms with E-state index in [9.17, 15) is 22.8 Å². The van der Waals surface area contributed by atoms with Crippen molar-refractivity contribution in [3.05, 3.63) is 88.9 Å². The molecule has 0 aliphatic heterocycles. The Kier molecular flexibility index (Phi) is 6.81. The minimum absolute atomic E-state index is 0.0956. The number of carbonyl (C=O) groups excluding carboxylic acids is 2. The summed E-state index contributed by atoms with van der Waals surface area (Å²) in [5, 5.41) is 7.65. The van der Waals surface area contributed by atoms with Gasteiger partial charge in [-0.15, -0.1) is 0 Å². The summed E-state index contributed by atoms with van der Waals surface area (Å²) in [6.07, 6.45) is -4.68. The van der Waals surface area contributed by atoms with E-state index in [2.05, 4.69) is 16.0 Å². The van der Waals surface area contributed by atoms with Gasteiger partial charge >= 0.3 is 6.18 Å². The van der Waals surface area contributed by atoms with E-state index in [-0.39, 0.29) is 17.1 Å². The van der Waals surface area contributed by atoms with Gasteiger partial charge in [-0.1, -0.05) is 41.9 Å². The third kappa shape index (κ3) is 5.99. The van der Waals surface area contributed by atoms with E-state index in [1.54, 1.807) is 48.5 Å². The number of hydrogen-bond donors (Lipinski definition) is 3. The number of hydrogen-bond acceptors (Lipinski definition) is 3. The van der Waals surface area contributed by atoms with Crippen LogP contribution >= 0.6 is 11.6 Å². The smallest absolute Gasteiger partial charge is 0.376 e. The van der Waals surface area contributed by atoms with Crippen LogP contribution in [0.3, 0.4) is 0 Å². The van der Waals surface area contributed by atoms with Gasteiger partial charge in [0.15, 0.2) is 0 Å². The third-order valence-corrected chi connectivity index (χ3v) is 4.44. The summed E-state index contributed by atoms with van der Waals surface area (Å²) in [6.45, 7) is -0.352. The Balaban J connectivity index is 1.69. The number of nitrogens with one attached hydrogen (secondary N) is 3. The SMILES string of the molecule is O=C(CNc1ccccc1C(=O)Nc1ccccc1)Nc1ccc(Cl)cc1C(F)(F)F.